The Morgan fingerprint density at radius 3 is 2.37 bits per heavy atom. The zero-order valence-corrected chi connectivity index (χ0v) is 9.73. The lowest BCUT2D eigenvalue weighted by Crippen LogP contribution is -2.39. The van der Waals surface area contributed by atoms with E-state index in [9.17, 15) is 23.1 Å². The summed E-state index contributed by atoms with van der Waals surface area (Å²) in [7, 11) is 1.21. The third-order valence-corrected chi connectivity index (χ3v) is 2.53. The molecule has 0 aliphatic carbocycles. The number of carbonyl (C=O) groups excluding carboxylic acids is 1. The molecule has 100 valence electrons. The molecular weight excluding hydrogens is 263 g/mol. The highest BCUT2D eigenvalue weighted by atomic mass is 19.4. The zero-order chi connectivity index (χ0) is 14.2. The van der Waals surface area contributed by atoms with Crippen LogP contribution in [0.1, 0.15) is 10.5 Å². The van der Waals surface area contributed by atoms with Gasteiger partial charge in [-0.15, -0.1) is 0 Å². The number of alkyl halides is 3. The highest BCUT2D eigenvalue weighted by Gasteiger charge is 2.49. The quantitative estimate of drug-likeness (QED) is 0.673. The lowest BCUT2D eigenvalue weighted by atomic mass is 10.2. The average Bonchev–Trinajstić information content (AvgIpc) is 2.64. The first-order valence-electron chi connectivity index (χ1n) is 5.21. The number of aromatic hydroxyl groups is 1. The van der Waals surface area contributed by atoms with Crippen molar-refractivity contribution >= 4 is 5.78 Å². The zero-order valence-electron chi connectivity index (χ0n) is 9.73. The van der Waals surface area contributed by atoms with Gasteiger partial charge in [-0.2, -0.15) is 17.7 Å². The van der Waals surface area contributed by atoms with Crippen LogP contribution >= 0.6 is 0 Å². The van der Waals surface area contributed by atoms with E-state index in [2.05, 4.69) is 0 Å². The summed E-state index contributed by atoms with van der Waals surface area (Å²) in [5.74, 6) is -3.24. The van der Waals surface area contributed by atoms with Crippen molar-refractivity contribution in [1.29, 1.82) is 0 Å². The van der Waals surface area contributed by atoms with E-state index in [1.54, 1.807) is 30.3 Å². The Labute approximate surface area is 105 Å². The molecule has 0 spiro atoms. The van der Waals surface area contributed by atoms with Crippen LogP contribution in [-0.4, -0.2) is 17.1 Å². The number of aromatic nitrogens is 1. The summed E-state index contributed by atoms with van der Waals surface area (Å²) in [6.07, 6.45) is -5.08. The minimum atomic E-state index is -5.08. The maximum absolute atomic E-state index is 12.4. The van der Waals surface area contributed by atoms with Crippen LogP contribution in [0.15, 0.2) is 34.7 Å². The first-order valence-corrected chi connectivity index (χ1v) is 5.21. The Kier molecular flexibility index (Phi) is 3.05. The van der Waals surface area contributed by atoms with Crippen LogP contribution in [0, 0.1) is 0 Å². The summed E-state index contributed by atoms with van der Waals surface area (Å²) in [6.45, 7) is 0. The summed E-state index contributed by atoms with van der Waals surface area (Å²) < 4.78 is 42.9. The molecule has 0 unspecified atom stereocenters. The number of ketones is 1. The number of benzene rings is 1. The van der Waals surface area contributed by atoms with Crippen molar-refractivity contribution in [3.63, 3.8) is 0 Å². The van der Waals surface area contributed by atoms with E-state index < -0.39 is 23.6 Å². The van der Waals surface area contributed by atoms with Crippen LogP contribution in [0.25, 0.3) is 11.5 Å². The maximum atomic E-state index is 12.4. The Hall–Kier alpha value is -2.31. The topological polar surface area (TPSA) is 54.3 Å². The lowest BCUT2D eigenvalue weighted by molar-refractivity contribution is -0.664. The Morgan fingerprint density at radius 1 is 1.26 bits per heavy atom. The summed E-state index contributed by atoms with van der Waals surface area (Å²) in [5.41, 5.74) is -0.479. The summed E-state index contributed by atoms with van der Waals surface area (Å²) in [5, 5.41) is 9.40. The van der Waals surface area contributed by atoms with E-state index >= 15 is 0 Å². The molecule has 0 fully saturated rings. The van der Waals surface area contributed by atoms with Crippen LogP contribution in [0.3, 0.4) is 0 Å². The molecule has 0 aliphatic heterocycles. The minimum absolute atomic E-state index is 0.0364. The molecule has 1 heterocycles. The van der Waals surface area contributed by atoms with Crippen molar-refractivity contribution in [3.8, 4) is 17.4 Å². The second-order valence-corrected chi connectivity index (χ2v) is 3.81. The van der Waals surface area contributed by atoms with Crippen LogP contribution in [-0.2, 0) is 7.05 Å². The molecule has 19 heavy (non-hydrogen) atoms. The monoisotopic (exact) mass is 272 g/mol. The van der Waals surface area contributed by atoms with Crippen LogP contribution in [0.4, 0.5) is 13.2 Å². The molecule has 1 aromatic heterocycles. The average molecular weight is 272 g/mol. The van der Waals surface area contributed by atoms with Crippen molar-refractivity contribution < 1.29 is 32.1 Å². The molecule has 0 bridgehead atoms. The summed E-state index contributed by atoms with van der Waals surface area (Å²) in [4.78, 5) is 11.2. The van der Waals surface area contributed by atoms with Gasteiger partial charge in [-0.1, -0.05) is 18.2 Å². The van der Waals surface area contributed by atoms with Gasteiger partial charge >= 0.3 is 29.5 Å². The number of hydrogen-bond acceptors (Lipinski definition) is 3. The van der Waals surface area contributed by atoms with E-state index in [0.29, 0.717) is 5.56 Å². The highest BCUT2D eigenvalue weighted by Crippen LogP contribution is 2.29. The third kappa shape index (κ3) is 2.31. The van der Waals surface area contributed by atoms with Gasteiger partial charge in [0, 0.05) is 0 Å². The Bertz CT molecular complexity index is 617. The number of rotatable bonds is 2. The fraction of sp³-hybridized carbons (Fsp3) is 0.167. The maximum Gasteiger partial charge on any atom is 0.461 e. The van der Waals surface area contributed by atoms with E-state index in [0.717, 1.165) is 4.57 Å². The van der Waals surface area contributed by atoms with Gasteiger partial charge in [-0.25, -0.2) is 0 Å². The van der Waals surface area contributed by atoms with Crippen LogP contribution in [0.2, 0.25) is 0 Å². The van der Waals surface area contributed by atoms with E-state index in [-0.39, 0.29) is 5.89 Å². The highest BCUT2D eigenvalue weighted by molar-refractivity contribution is 5.99. The molecule has 1 N–H and O–H groups in total. The standard InChI is InChI=1S/C12H8F3NO3/c1-16-8(9(17)12(13,14)15)11(18)19-10(16)7-5-3-2-4-6-7/h2-6H,1H3/p+1. The molecule has 0 atom stereocenters. The first kappa shape index (κ1) is 13.1. The fourth-order valence-corrected chi connectivity index (χ4v) is 1.67. The largest absolute Gasteiger partial charge is 0.476 e. The van der Waals surface area contributed by atoms with Crippen molar-refractivity contribution in [2.45, 2.75) is 6.18 Å². The van der Waals surface area contributed by atoms with E-state index in [1.165, 1.54) is 7.05 Å². The van der Waals surface area contributed by atoms with Gasteiger partial charge in [0.25, 0.3) is 0 Å². The molecule has 4 nitrogen and oxygen atoms in total. The van der Waals surface area contributed by atoms with Gasteiger partial charge in [-0.05, 0) is 12.1 Å². The predicted octanol–water partition coefficient (Wildman–Crippen LogP) is 2.22. The van der Waals surface area contributed by atoms with Crippen molar-refractivity contribution in [1.82, 2.24) is 0 Å². The van der Waals surface area contributed by atoms with Gasteiger partial charge in [-0.3, -0.25) is 4.79 Å². The second-order valence-electron chi connectivity index (χ2n) is 3.81. The van der Waals surface area contributed by atoms with Crippen molar-refractivity contribution in [2.24, 2.45) is 7.05 Å². The van der Waals surface area contributed by atoms with Gasteiger partial charge in [0.2, 0.25) is 0 Å². The minimum Gasteiger partial charge on any atom is -0.476 e. The molecule has 1 aromatic carbocycles. The number of carbonyl (C=O) groups is 1. The van der Waals surface area contributed by atoms with Crippen LogP contribution in [0.5, 0.6) is 5.95 Å². The van der Waals surface area contributed by atoms with Gasteiger partial charge in [0.15, 0.2) is 0 Å². The smallest absolute Gasteiger partial charge is 0.461 e. The normalized spacial score (nSPS) is 11.6. The molecule has 7 heteroatoms. The van der Waals surface area contributed by atoms with E-state index in [1.807, 2.05) is 0 Å². The number of halogens is 3. The number of Topliss-reactive ketones (excluding diaryl/α,β-unsaturated/α-hetero) is 1. The first-order chi connectivity index (χ1) is 8.82. The Morgan fingerprint density at radius 2 is 1.84 bits per heavy atom. The summed E-state index contributed by atoms with van der Waals surface area (Å²) in [6, 6.07) is 8.19. The fourth-order valence-electron chi connectivity index (χ4n) is 1.67. The lowest BCUT2D eigenvalue weighted by Gasteiger charge is -1.99. The molecule has 2 aromatic rings. The number of nitrogens with zero attached hydrogens (tertiary/aromatic N) is 1. The molecule has 0 saturated heterocycles. The molecule has 0 radical (unpaired) electrons. The molecule has 0 aliphatic rings. The molecular formula is C12H9F3NO3+. The van der Waals surface area contributed by atoms with Crippen molar-refractivity contribution in [3.05, 3.63) is 36.0 Å². The third-order valence-electron chi connectivity index (χ3n) is 2.53. The molecule has 0 amide bonds. The second kappa shape index (κ2) is 4.42. The number of oxazole rings is 1. The van der Waals surface area contributed by atoms with Gasteiger partial charge in [0.1, 0.15) is 7.05 Å². The summed E-state index contributed by atoms with van der Waals surface area (Å²) >= 11 is 0. The molecule has 2 rings (SSSR count). The number of hydrogen-bond donors (Lipinski definition) is 1. The predicted molar refractivity (Wildman–Crippen MR) is 57.4 cm³/mol. The van der Waals surface area contributed by atoms with Gasteiger partial charge in [0.05, 0.1) is 5.56 Å². The van der Waals surface area contributed by atoms with Crippen LogP contribution < -0.4 is 4.57 Å². The van der Waals surface area contributed by atoms with E-state index in [4.69, 9.17) is 4.42 Å². The van der Waals surface area contributed by atoms with Crippen molar-refractivity contribution in [2.75, 3.05) is 0 Å². The molecule has 0 saturated carbocycles. The Balaban J connectivity index is 2.56. The van der Waals surface area contributed by atoms with Gasteiger partial charge < -0.3 is 9.52 Å². The SMILES string of the molecule is C[n+]1c(-c2ccccc2)oc(O)c1C(=O)C(F)(F)F.